The summed E-state index contributed by atoms with van der Waals surface area (Å²) in [5.41, 5.74) is 0.438. The fourth-order valence-corrected chi connectivity index (χ4v) is 3.46. The lowest BCUT2D eigenvalue weighted by atomic mass is 9.95. The number of anilines is 1. The van der Waals surface area contributed by atoms with Gasteiger partial charge in [-0.3, -0.25) is 9.69 Å². The molecule has 25 heavy (non-hydrogen) atoms. The average molecular weight is 347 g/mol. The lowest BCUT2D eigenvalue weighted by Gasteiger charge is -2.26. The van der Waals surface area contributed by atoms with E-state index >= 15 is 0 Å². The molecule has 0 unspecified atom stereocenters. The van der Waals surface area contributed by atoms with Gasteiger partial charge < -0.3 is 15.4 Å². The van der Waals surface area contributed by atoms with Gasteiger partial charge in [0, 0.05) is 38.3 Å². The van der Waals surface area contributed by atoms with Crippen LogP contribution in [0.15, 0.2) is 6.07 Å². The molecule has 2 aliphatic rings. The number of nitrogens with one attached hydrogen (secondary N) is 2. The van der Waals surface area contributed by atoms with Gasteiger partial charge >= 0.3 is 0 Å². The normalized spacial score (nSPS) is 19.6. The van der Waals surface area contributed by atoms with Crippen molar-refractivity contribution >= 4 is 11.7 Å². The highest BCUT2D eigenvalue weighted by molar-refractivity contribution is 5.92. The van der Waals surface area contributed by atoms with Crippen LogP contribution in [-0.4, -0.2) is 66.2 Å². The van der Waals surface area contributed by atoms with Crippen molar-refractivity contribution in [2.45, 2.75) is 45.1 Å². The summed E-state index contributed by atoms with van der Waals surface area (Å²) in [6.07, 6.45) is 6.18. The number of morpholine rings is 1. The number of carbonyl (C=O) groups excluding carboxylic acids is 1. The van der Waals surface area contributed by atoms with Crippen LogP contribution in [0.25, 0.3) is 0 Å². The van der Waals surface area contributed by atoms with E-state index in [0.717, 1.165) is 38.7 Å². The van der Waals surface area contributed by atoms with Crippen LogP contribution in [0.4, 0.5) is 5.82 Å². The average Bonchev–Trinajstić information content (AvgIpc) is 2.63. The molecule has 7 nitrogen and oxygen atoms in total. The number of hydrogen-bond acceptors (Lipinski definition) is 6. The van der Waals surface area contributed by atoms with Gasteiger partial charge in [0.25, 0.3) is 5.91 Å². The molecule has 7 heteroatoms. The summed E-state index contributed by atoms with van der Waals surface area (Å²) >= 11 is 0. The van der Waals surface area contributed by atoms with Crippen LogP contribution >= 0.6 is 0 Å². The third kappa shape index (κ3) is 5.64. The lowest BCUT2D eigenvalue weighted by Crippen LogP contribution is -2.41. The van der Waals surface area contributed by atoms with E-state index in [1.807, 2.05) is 6.92 Å². The molecule has 1 saturated heterocycles. The predicted molar refractivity (Wildman–Crippen MR) is 96.9 cm³/mol. The first-order valence-corrected chi connectivity index (χ1v) is 9.41. The highest BCUT2D eigenvalue weighted by Crippen LogP contribution is 2.21. The number of amides is 1. The Hall–Kier alpha value is -1.73. The number of carbonyl (C=O) groups is 1. The van der Waals surface area contributed by atoms with Crippen LogP contribution in [0.1, 0.15) is 48.4 Å². The first-order chi connectivity index (χ1) is 12.2. The number of nitrogens with zero attached hydrogens (tertiary/aromatic N) is 3. The van der Waals surface area contributed by atoms with Gasteiger partial charge in [-0.15, -0.1) is 0 Å². The van der Waals surface area contributed by atoms with Gasteiger partial charge in [-0.2, -0.15) is 0 Å². The summed E-state index contributed by atoms with van der Waals surface area (Å²) < 4.78 is 5.33. The molecule has 1 aliphatic carbocycles. The Balaban J connectivity index is 1.52. The monoisotopic (exact) mass is 347 g/mol. The summed E-state index contributed by atoms with van der Waals surface area (Å²) in [5.74, 6) is 1.25. The van der Waals surface area contributed by atoms with E-state index in [0.29, 0.717) is 24.1 Å². The smallest absolute Gasteiger partial charge is 0.270 e. The van der Waals surface area contributed by atoms with Crippen molar-refractivity contribution in [3.8, 4) is 0 Å². The summed E-state index contributed by atoms with van der Waals surface area (Å²) in [6.45, 7) is 6.69. The summed E-state index contributed by atoms with van der Waals surface area (Å²) in [5, 5.41) is 6.44. The highest BCUT2D eigenvalue weighted by atomic mass is 16.5. The van der Waals surface area contributed by atoms with Gasteiger partial charge in [-0.25, -0.2) is 9.97 Å². The summed E-state index contributed by atoms with van der Waals surface area (Å²) in [6, 6.07) is 2.23. The quantitative estimate of drug-likeness (QED) is 0.814. The van der Waals surface area contributed by atoms with Crippen molar-refractivity contribution in [3.05, 3.63) is 17.6 Å². The Labute approximate surface area is 149 Å². The highest BCUT2D eigenvalue weighted by Gasteiger charge is 2.16. The minimum Gasteiger partial charge on any atom is -0.379 e. The lowest BCUT2D eigenvalue weighted by molar-refractivity contribution is 0.0383. The Morgan fingerprint density at radius 2 is 2.00 bits per heavy atom. The van der Waals surface area contributed by atoms with E-state index in [4.69, 9.17) is 4.74 Å². The number of aryl methyl sites for hydroxylation is 1. The molecule has 0 atom stereocenters. The van der Waals surface area contributed by atoms with Crippen LogP contribution in [0, 0.1) is 6.92 Å². The topological polar surface area (TPSA) is 79.4 Å². The molecule has 2 fully saturated rings. The molecular formula is C18H29N5O2. The second-order valence-corrected chi connectivity index (χ2v) is 6.87. The van der Waals surface area contributed by atoms with Crippen molar-refractivity contribution in [1.82, 2.24) is 20.2 Å². The van der Waals surface area contributed by atoms with Crippen molar-refractivity contribution in [3.63, 3.8) is 0 Å². The molecule has 0 aromatic carbocycles. The molecule has 0 bridgehead atoms. The molecule has 0 radical (unpaired) electrons. The van der Waals surface area contributed by atoms with Gasteiger partial charge in [-0.1, -0.05) is 19.3 Å². The molecule has 1 aliphatic heterocycles. The van der Waals surface area contributed by atoms with Crippen molar-refractivity contribution < 1.29 is 9.53 Å². The first-order valence-electron chi connectivity index (χ1n) is 9.41. The maximum Gasteiger partial charge on any atom is 0.270 e. The number of rotatable bonds is 6. The Kier molecular flexibility index (Phi) is 6.58. The van der Waals surface area contributed by atoms with Crippen LogP contribution in [0.2, 0.25) is 0 Å². The molecule has 1 aromatic rings. The van der Waals surface area contributed by atoms with E-state index in [1.165, 1.54) is 32.1 Å². The zero-order valence-electron chi connectivity index (χ0n) is 15.1. The van der Waals surface area contributed by atoms with Crippen LogP contribution in [0.5, 0.6) is 0 Å². The van der Waals surface area contributed by atoms with E-state index in [2.05, 4.69) is 25.5 Å². The minimum absolute atomic E-state index is 0.134. The van der Waals surface area contributed by atoms with Crippen LogP contribution in [-0.2, 0) is 4.74 Å². The zero-order chi connectivity index (χ0) is 17.5. The SMILES string of the molecule is Cc1nc(NC2CCCCC2)cc(C(=O)NCCN2CCOCC2)n1. The molecule has 2 heterocycles. The van der Waals surface area contributed by atoms with Gasteiger partial charge in [0.1, 0.15) is 17.3 Å². The second kappa shape index (κ2) is 9.10. The van der Waals surface area contributed by atoms with Crippen molar-refractivity contribution in [1.29, 1.82) is 0 Å². The van der Waals surface area contributed by atoms with E-state index in [9.17, 15) is 4.79 Å². The van der Waals surface area contributed by atoms with E-state index < -0.39 is 0 Å². The second-order valence-electron chi connectivity index (χ2n) is 6.87. The van der Waals surface area contributed by atoms with Gasteiger partial charge in [0.15, 0.2) is 0 Å². The Morgan fingerprint density at radius 3 is 2.76 bits per heavy atom. The molecule has 0 spiro atoms. The van der Waals surface area contributed by atoms with Gasteiger partial charge in [-0.05, 0) is 19.8 Å². The Bertz CT molecular complexity index is 569. The van der Waals surface area contributed by atoms with Crippen LogP contribution < -0.4 is 10.6 Å². The molecular weight excluding hydrogens is 318 g/mol. The summed E-state index contributed by atoms with van der Waals surface area (Å²) in [7, 11) is 0. The Morgan fingerprint density at radius 1 is 1.24 bits per heavy atom. The maximum absolute atomic E-state index is 12.4. The molecule has 138 valence electrons. The third-order valence-electron chi connectivity index (χ3n) is 4.85. The van der Waals surface area contributed by atoms with E-state index in [-0.39, 0.29) is 5.91 Å². The van der Waals surface area contributed by atoms with Crippen molar-refractivity contribution in [2.75, 3.05) is 44.7 Å². The van der Waals surface area contributed by atoms with Gasteiger partial charge in [0.05, 0.1) is 13.2 Å². The maximum atomic E-state index is 12.4. The standard InChI is InChI=1S/C18H29N5O2/c1-14-20-16(13-17(21-14)22-15-5-3-2-4-6-15)18(24)19-7-8-23-9-11-25-12-10-23/h13,15H,2-12H2,1H3,(H,19,24)(H,20,21,22). The molecule has 1 saturated carbocycles. The van der Waals surface area contributed by atoms with Gasteiger partial charge in [0.2, 0.25) is 0 Å². The molecule has 3 rings (SSSR count). The van der Waals surface area contributed by atoms with Crippen LogP contribution in [0.3, 0.4) is 0 Å². The fourth-order valence-electron chi connectivity index (χ4n) is 3.46. The molecule has 2 N–H and O–H groups in total. The first kappa shape index (κ1) is 18.1. The molecule has 1 amide bonds. The fraction of sp³-hybridized carbons (Fsp3) is 0.722. The third-order valence-corrected chi connectivity index (χ3v) is 4.85. The largest absolute Gasteiger partial charge is 0.379 e. The predicted octanol–water partition coefficient (Wildman–Crippen LogP) is 1.59. The van der Waals surface area contributed by atoms with E-state index in [1.54, 1.807) is 6.07 Å². The summed E-state index contributed by atoms with van der Waals surface area (Å²) in [4.78, 5) is 23.4. The number of ether oxygens (including phenoxy) is 1. The molecule has 1 aromatic heterocycles. The number of aromatic nitrogens is 2. The zero-order valence-corrected chi connectivity index (χ0v) is 15.1. The minimum atomic E-state index is -0.134. The number of hydrogen-bond donors (Lipinski definition) is 2. The van der Waals surface area contributed by atoms with Crippen molar-refractivity contribution in [2.24, 2.45) is 0 Å².